The van der Waals surface area contributed by atoms with Gasteiger partial charge in [0.25, 0.3) is 0 Å². The zero-order valence-corrected chi connectivity index (χ0v) is 9.32. The van der Waals surface area contributed by atoms with Crippen molar-refractivity contribution in [2.45, 2.75) is 70.6 Å². The van der Waals surface area contributed by atoms with Crippen LogP contribution in [0.2, 0.25) is 0 Å². The van der Waals surface area contributed by atoms with Gasteiger partial charge in [0, 0.05) is 0 Å². The summed E-state index contributed by atoms with van der Waals surface area (Å²) < 4.78 is 35.6. The molecule has 0 rings (SSSR count). The van der Waals surface area contributed by atoms with Crippen molar-refractivity contribution in [2.75, 3.05) is 0 Å². The summed E-state index contributed by atoms with van der Waals surface area (Å²) in [5.41, 5.74) is 0. The molecule has 1 nitrogen and oxygen atoms in total. The van der Waals surface area contributed by atoms with Crippen molar-refractivity contribution in [2.24, 2.45) is 0 Å². The molecule has 0 saturated heterocycles. The number of halogens is 3. The van der Waals surface area contributed by atoms with Gasteiger partial charge in [0.2, 0.25) is 0 Å². The minimum absolute atomic E-state index is 0.155. The van der Waals surface area contributed by atoms with Crippen LogP contribution in [0.15, 0.2) is 0 Å². The monoisotopic (exact) mass is 226 g/mol. The number of rotatable bonds is 8. The van der Waals surface area contributed by atoms with E-state index in [1.165, 1.54) is 19.3 Å². The highest BCUT2D eigenvalue weighted by molar-refractivity contribution is 4.64. The van der Waals surface area contributed by atoms with Gasteiger partial charge in [0.05, 0.1) is 0 Å². The van der Waals surface area contributed by atoms with E-state index in [0.717, 1.165) is 19.3 Å². The van der Waals surface area contributed by atoms with Gasteiger partial charge in [-0.05, 0) is 6.42 Å². The van der Waals surface area contributed by atoms with E-state index < -0.39 is 12.3 Å². The predicted molar refractivity (Wildman–Crippen MR) is 54.7 cm³/mol. The molecule has 1 N–H and O–H groups in total. The van der Waals surface area contributed by atoms with Gasteiger partial charge in [-0.3, -0.25) is 0 Å². The minimum Gasteiger partial charge on any atom is -0.384 e. The van der Waals surface area contributed by atoms with Crippen LogP contribution in [0.4, 0.5) is 13.2 Å². The average molecular weight is 226 g/mol. The molecule has 0 amide bonds. The number of aliphatic hydroxyl groups excluding tert-OH is 1. The molecule has 0 radical (unpaired) electrons. The molecule has 0 aromatic rings. The quantitative estimate of drug-likeness (QED) is 0.619. The summed E-state index contributed by atoms with van der Waals surface area (Å²) in [5.74, 6) is 0. The molecule has 0 spiro atoms. The summed E-state index contributed by atoms with van der Waals surface area (Å²) in [7, 11) is 0. The third kappa shape index (κ3) is 8.73. The van der Waals surface area contributed by atoms with E-state index in [9.17, 15) is 13.2 Å². The van der Waals surface area contributed by atoms with Crippen LogP contribution in [0.3, 0.4) is 0 Å². The van der Waals surface area contributed by atoms with Crippen LogP contribution in [-0.4, -0.2) is 17.4 Å². The van der Waals surface area contributed by atoms with Crippen molar-refractivity contribution in [1.29, 1.82) is 0 Å². The lowest BCUT2D eigenvalue weighted by Crippen LogP contribution is -2.28. The fourth-order valence-corrected chi connectivity index (χ4v) is 1.46. The maximum Gasteiger partial charge on any atom is 0.414 e. The topological polar surface area (TPSA) is 20.2 Å². The Kier molecular flexibility index (Phi) is 7.83. The Morgan fingerprint density at radius 3 is 1.87 bits per heavy atom. The molecule has 0 bridgehead atoms. The number of hydrogen-bond acceptors (Lipinski definition) is 1. The third-order valence-corrected chi connectivity index (χ3v) is 2.46. The lowest BCUT2D eigenvalue weighted by Gasteiger charge is -2.13. The highest BCUT2D eigenvalue weighted by Gasteiger charge is 2.37. The second-order valence-electron chi connectivity index (χ2n) is 3.97. The molecule has 4 heteroatoms. The summed E-state index contributed by atoms with van der Waals surface area (Å²) >= 11 is 0. The van der Waals surface area contributed by atoms with Crippen molar-refractivity contribution in [3.63, 3.8) is 0 Å². The molecule has 0 aliphatic heterocycles. The second kappa shape index (κ2) is 7.97. The van der Waals surface area contributed by atoms with Crippen molar-refractivity contribution < 1.29 is 18.3 Å². The highest BCUT2D eigenvalue weighted by Crippen LogP contribution is 2.24. The van der Waals surface area contributed by atoms with E-state index in [2.05, 4.69) is 6.92 Å². The van der Waals surface area contributed by atoms with E-state index in [1.807, 2.05) is 0 Å². The summed E-state index contributed by atoms with van der Waals surface area (Å²) in [6.45, 7) is 2.12. The summed E-state index contributed by atoms with van der Waals surface area (Å²) in [5, 5.41) is 8.70. The number of hydrogen-bond donors (Lipinski definition) is 1. The number of aliphatic hydroxyl groups is 1. The van der Waals surface area contributed by atoms with E-state index in [1.54, 1.807) is 0 Å². The average Bonchev–Trinajstić information content (AvgIpc) is 2.14. The van der Waals surface area contributed by atoms with Crippen LogP contribution in [0, 0.1) is 0 Å². The van der Waals surface area contributed by atoms with Crippen molar-refractivity contribution >= 4 is 0 Å². The van der Waals surface area contributed by atoms with Crippen LogP contribution < -0.4 is 0 Å². The SMILES string of the molecule is CCCCCCCCC[C@@H](O)C(F)(F)F. The van der Waals surface area contributed by atoms with Gasteiger partial charge in [-0.25, -0.2) is 0 Å². The van der Waals surface area contributed by atoms with Gasteiger partial charge in [-0.1, -0.05) is 51.9 Å². The molecule has 0 aromatic carbocycles. The summed E-state index contributed by atoms with van der Waals surface area (Å²) in [6, 6.07) is 0. The molecule has 0 saturated carbocycles. The fraction of sp³-hybridized carbons (Fsp3) is 1.00. The van der Waals surface area contributed by atoms with E-state index >= 15 is 0 Å². The van der Waals surface area contributed by atoms with Crippen LogP contribution in [0.1, 0.15) is 58.3 Å². The van der Waals surface area contributed by atoms with Crippen molar-refractivity contribution in [3.05, 3.63) is 0 Å². The van der Waals surface area contributed by atoms with Gasteiger partial charge < -0.3 is 5.11 Å². The van der Waals surface area contributed by atoms with Crippen LogP contribution in [0.25, 0.3) is 0 Å². The Labute approximate surface area is 89.7 Å². The van der Waals surface area contributed by atoms with E-state index in [-0.39, 0.29) is 6.42 Å². The molecule has 0 unspecified atom stereocenters. The Bertz CT molecular complexity index is 145. The molecule has 0 heterocycles. The molecule has 0 aliphatic carbocycles. The number of unbranched alkanes of at least 4 members (excludes halogenated alkanes) is 6. The first-order valence-corrected chi connectivity index (χ1v) is 5.73. The first kappa shape index (κ1) is 14.8. The van der Waals surface area contributed by atoms with Crippen LogP contribution in [-0.2, 0) is 0 Å². The van der Waals surface area contributed by atoms with Gasteiger partial charge in [0.1, 0.15) is 6.10 Å². The van der Waals surface area contributed by atoms with E-state index in [4.69, 9.17) is 5.11 Å². The van der Waals surface area contributed by atoms with Gasteiger partial charge >= 0.3 is 6.18 Å². The summed E-state index contributed by atoms with van der Waals surface area (Å²) in [6.07, 6.45) is 0.133. The lowest BCUT2D eigenvalue weighted by molar-refractivity contribution is -0.205. The largest absolute Gasteiger partial charge is 0.414 e. The van der Waals surface area contributed by atoms with Gasteiger partial charge in [-0.2, -0.15) is 13.2 Å². The second-order valence-corrected chi connectivity index (χ2v) is 3.97. The molecule has 1 atom stereocenters. The smallest absolute Gasteiger partial charge is 0.384 e. The molecule has 0 fully saturated rings. The Hall–Kier alpha value is -0.250. The molecule has 0 aromatic heterocycles. The highest BCUT2D eigenvalue weighted by atomic mass is 19.4. The molecular formula is C11H21F3O. The minimum atomic E-state index is -4.44. The molecule has 15 heavy (non-hydrogen) atoms. The molecule has 92 valence electrons. The Morgan fingerprint density at radius 1 is 0.933 bits per heavy atom. The standard InChI is InChI=1S/C11H21F3O/c1-2-3-4-5-6-7-8-9-10(15)11(12,13)14/h10,15H,2-9H2,1H3/t10-/m1/s1. The van der Waals surface area contributed by atoms with Gasteiger partial charge in [-0.15, -0.1) is 0 Å². The fourth-order valence-electron chi connectivity index (χ4n) is 1.46. The summed E-state index contributed by atoms with van der Waals surface area (Å²) in [4.78, 5) is 0. The predicted octanol–water partition coefficient (Wildman–Crippen LogP) is 4.05. The maximum atomic E-state index is 11.9. The first-order chi connectivity index (χ1) is 6.98. The lowest BCUT2D eigenvalue weighted by atomic mass is 10.1. The van der Waals surface area contributed by atoms with Crippen molar-refractivity contribution in [1.82, 2.24) is 0 Å². The van der Waals surface area contributed by atoms with Crippen molar-refractivity contribution in [3.8, 4) is 0 Å². The number of alkyl halides is 3. The van der Waals surface area contributed by atoms with Gasteiger partial charge in [0.15, 0.2) is 0 Å². The van der Waals surface area contributed by atoms with Crippen LogP contribution >= 0.6 is 0 Å². The Balaban J connectivity index is 3.24. The zero-order chi connectivity index (χ0) is 11.7. The first-order valence-electron chi connectivity index (χ1n) is 5.73. The Morgan fingerprint density at radius 2 is 1.40 bits per heavy atom. The van der Waals surface area contributed by atoms with Crippen LogP contribution in [0.5, 0.6) is 0 Å². The third-order valence-electron chi connectivity index (χ3n) is 2.46. The van der Waals surface area contributed by atoms with E-state index in [0.29, 0.717) is 6.42 Å². The molecular weight excluding hydrogens is 205 g/mol. The normalized spacial score (nSPS) is 14.2. The molecule has 0 aliphatic rings. The maximum absolute atomic E-state index is 11.9. The zero-order valence-electron chi connectivity index (χ0n) is 9.32.